The molecule has 0 spiro atoms. The molecule has 3 N–H and O–H groups in total. The number of amides is 1. The smallest absolute Gasteiger partial charge is 0.235 e. The van der Waals surface area contributed by atoms with Gasteiger partial charge in [0.15, 0.2) is 0 Å². The summed E-state index contributed by atoms with van der Waals surface area (Å²) in [6.07, 6.45) is 2.55. The van der Waals surface area contributed by atoms with Gasteiger partial charge in [-0.1, -0.05) is 6.07 Å². The van der Waals surface area contributed by atoms with Crippen LogP contribution in [0.1, 0.15) is 25.7 Å². The molecule has 2 rings (SSSR count). The first-order valence-electron chi connectivity index (χ1n) is 7.13. The summed E-state index contributed by atoms with van der Waals surface area (Å²) in [6.45, 7) is 0.965. The standard InChI is InChI=1S/C14H21N3O3S/c15-8-4-7-14(18)16-12-5-3-6-13(11-12)17-9-1-2-10-21(17,19)20/h3,5-6,11H,1-2,4,7-10,15H2,(H,16,18). The number of carbonyl (C=O) groups is 1. The first-order chi connectivity index (χ1) is 10.0. The van der Waals surface area contributed by atoms with E-state index in [0.717, 1.165) is 6.42 Å². The predicted molar refractivity (Wildman–Crippen MR) is 83.7 cm³/mol. The van der Waals surface area contributed by atoms with Crippen LogP contribution in [0.5, 0.6) is 0 Å². The number of nitrogens with one attached hydrogen (secondary N) is 1. The number of nitrogens with zero attached hydrogens (tertiary/aromatic N) is 1. The van der Waals surface area contributed by atoms with E-state index in [1.165, 1.54) is 4.31 Å². The normalized spacial score (nSPS) is 17.5. The van der Waals surface area contributed by atoms with Crippen LogP contribution in [0.2, 0.25) is 0 Å². The Bertz CT molecular complexity index is 601. The molecule has 1 aliphatic heterocycles. The largest absolute Gasteiger partial charge is 0.330 e. The van der Waals surface area contributed by atoms with Crippen LogP contribution in [0.25, 0.3) is 0 Å². The van der Waals surface area contributed by atoms with Crippen molar-refractivity contribution in [2.45, 2.75) is 25.7 Å². The molecule has 0 aliphatic carbocycles. The van der Waals surface area contributed by atoms with Crippen molar-refractivity contribution >= 4 is 27.3 Å². The zero-order valence-corrected chi connectivity index (χ0v) is 12.7. The van der Waals surface area contributed by atoms with Crippen LogP contribution in [-0.4, -0.2) is 33.2 Å². The molecule has 1 aromatic rings. The zero-order chi connectivity index (χ0) is 15.3. The van der Waals surface area contributed by atoms with Gasteiger partial charge in [0.1, 0.15) is 0 Å². The summed E-state index contributed by atoms with van der Waals surface area (Å²) in [5.74, 6) is 0.0687. The van der Waals surface area contributed by atoms with E-state index in [9.17, 15) is 13.2 Å². The number of benzene rings is 1. The maximum Gasteiger partial charge on any atom is 0.235 e. The minimum absolute atomic E-state index is 0.112. The molecule has 0 saturated carbocycles. The first-order valence-corrected chi connectivity index (χ1v) is 8.74. The highest BCUT2D eigenvalue weighted by molar-refractivity contribution is 7.92. The van der Waals surface area contributed by atoms with Crippen molar-refractivity contribution in [1.29, 1.82) is 0 Å². The van der Waals surface area contributed by atoms with Gasteiger partial charge in [0, 0.05) is 18.7 Å². The number of anilines is 2. The molecule has 1 amide bonds. The Kier molecular flexibility index (Phi) is 5.19. The molecule has 0 radical (unpaired) electrons. The number of rotatable bonds is 5. The molecule has 1 heterocycles. The SMILES string of the molecule is NCCCC(=O)Nc1cccc(N2CCCCS2(=O)=O)c1. The van der Waals surface area contributed by atoms with Gasteiger partial charge in [-0.25, -0.2) is 8.42 Å². The minimum atomic E-state index is -3.23. The highest BCUT2D eigenvalue weighted by atomic mass is 32.2. The van der Waals surface area contributed by atoms with Crippen molar-refractivity contribution < 1.29 is 13.2 Å². The van der Waals surface area contributed by atoms with Crippen molar-refractivity contribution in [1.82, 2.24) is 0 Å². The molecule has 0 unspecified atom stereocenters. The van der Waals surface area contributed by atoms with Gasteiger partial charge >= 0.3 is 0 Å². The van der Waals surface area contributed by atoms with Crippen LogP contribution in [0.3, 0.4) is 0 Å². The van der Waals surface area contributed by atoms with Crippen molar-refractivity contribution in [2.24, 2.45) is 5.73 Å². The number of hydrogen-bond donors (Lipinski definition) is 2. The van der Waals surface area contributed by atoms with Gasteiger partial charge in [-0.15, -0.1) is 0 Å². The number of sulfonamides is 1. The van der Waals surface area contributed by atoms with Crippen LogP contribution in [0.15, 0.2) is 24.3 Å². The fourth-order valence-electron chi connectivity index (χ4n) is 2.30. The van der Waals surface area contributed by atoms with Crippen molar-refractivity contribution in [2.75, 3.05) is 28.5 Å². The van der Waals surface area contributed by atoms with E-state index < -0.39 is 10.0 Å². The van der Waals surface area contributed by atoms with Gasteiger partial charge in [-0.05, 0) is 44.0 Å². The number of carbonyl (C=O) groups excluding carboxylic acids is 1. The second-order valence-electron chi connectivity index (χ2n) is 5.09. The topological polar surface area (TPSA) is 92.5 Å². The fraction of sp³-hybridized carbons (Fsp3) is 0.500. The Labute approximate surface area is 125 Å². The maximum atomic E-state index is 12.1. The van der Waals surface area contributed by atoms with Gasteiger partial charge < -0.3 is 11.1 Å². The molecule has 1 aromatic carbocycles. The summed E-state index contributed by atoms with van der Waals surface area (Å²) in [7, 11) is -3.23. The van der Waals surface area contributed by atoms with E-state index in [1.807, 2.05) is 0 Å². The van der Waals surface area contributed by atoms with Gasteiger partial charge in [-0.3, -0.25) is 9.10 Å². The Balaban J connectivity index is 2.12. The van der Waals surface area contributed by atoms with Crippen molar-refractivity contribution in [3.05, 3.63) is 24.3 Å². The monoisotopic (exact) mass is 311 g/mol. The van der Waals surface area contributed by atoms with E-state index in [4.69, 9.17) is 5.73 Å². The third-order valence-corrected chi connectivity index (χ3v) is 5.24. The third-order valence-electron chi connectivity index (χ3n) is 3.38. The zero-order valence-electron chi connectivity index (χ0n) is 11.9. The quantitative estimate of drug-likeness (QED) is 0.857. The van der Waals surface area contributed by atoms with Crippen LogP contribution in [0, 0.1) is 0 Å². The van der Waals surface area contributed by atoms with Crippen LogP contribution < -0.4 is 15.4 Å². The summed E-state index contributed by atoms with van der Waals surface area (Å²) in [5, 5.41) is 2.77. The van der Waals surface area contributed by atoms with Crippen LogP contribution in [0.4, 0.5) is 11.4 Å². The molecule has 1 fully saturated rings. The van der Waals surface area contributed by atoms with Gasteiger partial charge in [0.2, 0.25) is 15.9 Å². The second kappa shape index (κ2) is 6.91. The molecule has 7 heteroatoms. The molecule has 6 nitrogen and oxygen atoms in total. The summed E-state index contributed by atoms with van der Waals surface area (Å²) >= 11 is 0. The maximum absolute atomic E-state index is 12.1. The summed E-state index contributed by atoms with van der Waals surface area (Å²) < 4.78 is 25.6. The van der Waals surface area contributed by atoms with Gasteiger partial charge in [0.25, 0.3) is 0 Å². The molecule has 116 valence electrons. The summed E-state index contributed by atoms with van der Waals surface area (Å²) in [4.78, 5) is 11.7. The highest BCUT2D eigenvalue weighted by Crippen LogP contribution is 2.26. The van der Waals surface area contributed by atoms with Crippen molar-refractivity contribution in [3.8, 4) is 0 Å². The molecule has 0 atom stereocenters. The van der Waals surface area contributed by atoms with E-state index >= 15 is 0 Å². The summed E-state index contributed by atoms with van der Waals surface area (Å²) in [5.41, 5.74) is 6.58. The second-order valence-corrected chi connectivity index (χ2v) is 7.10. The third kappa shape index (κ3) is 4.18. The lowest BCUT2D eigenvalue weighted by atomic mass is 10.2. The molecular weight excluding hydrogens is 290 g/mol. The first kappa shape index (κ1) is 15.8. The highest BCUT2D eigenvalue weighted by Gasteiger charge is 2.26. The molecule has 0 aromatic heterocycles. The molecule has 1 aliphatic rings. The lowest BCUT2D eigenvalue weighted by Gasteiger charge is -2.28. The van der Waals surface area contributed by atoms with Crippen LogP contribution >= 0.6 is 0 Å². The Hall–Kier alpha value is -1.60. The average molecular weight is 311 g/mol. The molecule has 0 bridgehead atoms. The molecular formula is C14H21N3O3S. The predicted octanol–water partition coefficient (Wildman–Crippen LogP) is 1.29. The minimum Gasteiger partial charge on any atom is -0.330 e. The Morgan fingerprint density at radius 1 is 1.33 bits per heavy atom. The fourth-order valence-corrected chi connectivity index (χ4v) is 3.94. The Morgan fingerprint density at radius 3 is 2.86 bits per heavy atom. The molecule has 21 heavy (non-hydrogen) atoms. The van der Waals surface area contributed by atoms with E-state index in [-0.39, 0.29) is 11.7 Å². The van der Waals surface area contributed by atoms with E-state index in [1.54, 1.807) is 24.3 Å². The van der Waals surface area contributed by atoms with E-state index in [0.29, 0.717) is 43.7 Å². The summed E-state index contributed by atoms with van der Waals surface area (Å²) in [6, 6.07) is 6.94. The number of nitrogens with two attached hydrogens (primary N) is 1. The van der Waals surface area contributed by atoms with Crippen LogP contribution in [-0.2, 0) is 14.8 Å². The lowest BCUT2D eigenvalue weighted by Crippen LogP contribution is -2.37. The number of hydrogen-bond acceptors (Lipinski definition) is 4. The van der Waals surface area contributed by atoms with Gasteiger partial charge in [-0.2, -0.15) is 0 Å². The van der Waals surface area contributed by atoms with Gasteiger partial charge in [0.05, 0.1) is 11.4 Å². The van der Waals surface area contributed by atoms with Crippen molar-refractivity contribution in [3.63, 3.8) is 0 Å². The average Bonchev–Trinajstić information content (AvgIpc) is 2.45. The lowest BCUT2D eigenvalue weighted by molar-refractivity contribution is -0.116. The molecule has 1 saturated heterocycles. The van der Waals surface area contributed by atoms with E-state index in [2.05, 4.69) is 5.32 Å². The Morgan fingerprint density at radius 2 is 2.14 bits per heavy atom.